The normalized spacial score (nSPS) is 15.8. The van der Waals surface area contributed by atoms with E-state index in [-0.39, 0.29) is 12.5 Å². The van der Waals surface area contributed by atoms with Gasteiger partial charge in [-0.1, -0.05) is 11.6 Å². The molecule has 1 amide bonds. The minimum Gasteiger partial charge on any atom is -0.480 e. The molecule has 2 aromatic rings. The van der Waals surface area contributed by atoms with Gasteiger partial charge < -0.3 is 15.3 Å². The zero-order valence-electron chi connectivity index (χ0n) is 16.1. The number of hydrogen-bond acceptors (Lipinski definition) is 4. The molecule has 0 fully saturated rings. The van der Waals surface area contributed by atoms with E-state index in [0.29, 0.717) is 27.8 Å². The van der Waals surface area contributed by atoms with Crippen molar-refractivity contribution >= 4 is 47.8 Å². The van der Waals surface area contributed by atoms with Crippen molar-refractivity contribution < 1.29 is 14.7 Å². The number of guanidine groups is 1. The smallest absolute Gasteiger partial charge is 0.329 e. The van der Waals surface area contributed by atoms with Crippen LogP contribution in [0.5, 0.6) is 0 Å². The molecule has 0 radical (unpaired) electrons. The summed E-state index contributed by atoms with van der Waals surface area (Å²) in [6, 6.07) is 2.16. The molecule has 11 heteroatoms. The van der Waals surface area contributed by atoms with Gasteiger partial charge in [0.1, 0.15) is 6.04 Å². The minimum atomic E-state index is -1.06. The summed E-state index contributed by atoms with van der Waals surface area (Å²) in [5.74, 6) is -0.280. The molecule has 1 atom stereocenters. The second-order valence-corrected chi connectivity index (χ2v) is 7.02. The van der Waals surface area contributed by atoms with Crippen LogP contribution in [0.2, 0.25) is 0 Å². The lowest BCUT2D eigenvalue weighted by molar-refractivity contribution is -0.141. The fourth-order valence-corrected chi connectivity index (χ4v) is 3.07. The molecule has 0 unspecified atom stereocenters. The van der Waals surface area contributed by atoms with E-state index in [1.54, 1.807) is 43.2 Å². The van der Waals surface area contributed by atoms with Crippen LogP contribution in [0.15, 0.2) is 39.5 Å². The first-order chi connectivity index (χ1) is 13.7. The fraction of sp³-hybridized carbons (Fsp3) is 0.278. The molecular weight excluding hydrogens is 398 g/mol. The third kappa shape index (κ3) is 3.92. The van der Waals surface area contributed by atoms with Crippen LogP contribution >= 0.6 is 11.6 Å². The number of carbonyl (C=O) groups excluding carboxylic acids is 1. The van der Waals surface area contributed by atoms with E-state index in [9.17, 15) is 9.59 Å². The molecular formula is C18H20ClN7O3. The number of aliphatic imine (C=N–C) groups is 2. The fourth-order valence-electron chi connectivity index (χ4n) is 2.92. The number of hydrogen-bond donors (Lipinski definition) is 2. The molecule has 3 heterocycles. The average molecular weight is 418 g/mol. The zero-order valence-corrected chi connectivity index (χ0v) is 16.9. The maximum Gasteiger partial charge on any atom is 0.329 e. The third-order valence-electron chi connectivity index (χ3n) is 4.54. The summed E-state index contributed by atoms with van der Waals surface area (Å²) in [6.07, 6.45) is 3.21. The van der Waals surface area contributed by atoms with Gasteiger partial charge in [0.15, 0.2) is 5.82 Å². The van der Waals surface area contributed by atoms with Crippen molar-refractivity contribution in [2.45, 2.75) is 26.4 Å². The Hall–Kier alpha value is -3.40. The van der Waals surface area contributed by atoms with Crippen LogP contribution in [0.1, 0.15) is 25.1 Å². The van der Waals surface area contributed by atoms with E-state index in [2.05, 4.69) is 27.1 Å². The highest BCUT2D eigenvalue weighted by Crippen LogP contribution is 2.27. The van der Waals surface area contributed by atoms with Gasteiger partial charge in [-0.05, 0) is 26.6 Å². The molecule has 0 saturated carbocycles. The third-order valence-corrected chi connectivity index (χ3v) is 4.73. The minimum absolute atomic E-state index is 0.191. The number of aryl methyl sites for hydroxylation is 1. The molecule has 10 nitrogen and oxygen atoms in total. The van der Waals surface area contributed by atoms with Gasteiger partial charge in [0.25, 0.3) is 0 Å². The number of carboxylic acid groups (broad SMARTS) is 1. The number of halogens is 1. The Bertz CT molecular complexity index is 1050. The van der Waals surface area contributed by atoms with Crippen molar-refractivity contribution in [2.24, 2.45) is 17.0 Å². The van der Waals surface area contributed by atoms with Crippen molar-refractivity contribution in [1.82, 2.24) is 24.6 Å². The van der Waals surface area contributed by atoms with Crippen molar-refractivity contribution in [3.63, 3.8) is 0 Å². The summed E-state index contributed by atoms with van der Waals surface area (Å²) in [5.41, 5.74) is 1.81. The van der Waals surface area contributed by atoms with Crippen LogP contribution in [0.25, 0.3) is 5.70 Å². The van der Waals surface area contributed by atoms with Crippen LogP contribution in [0.3, 0.4) is 0 Å². The Morgan fingerprint density at radius 1 is 1.48 bits per heavy atom. The largest absolute Gasteiger partial charge is 0.480 e. The topological polar surface area (TPSA) is 117 Å². The molecule has 0 spiro atoms. The zero-order chi connectivity index (χ0) is 21.3. The number of nitrogens with one attached hydrogen (secondary N) is 1. The van der Waals surface area contributed by atoms with E-state index >= 15 is 0 Å². The highest BCUT2D eigenvalue weighted by Gasteiger charge is 2.34. The number of nitrogens with zero attached hydrogens (tertiary/aromatic N) is 6. The number of aliphatic carboxylic acids is 1. The Morgan fingerprint density at radius 2 is 2.21 bits per heavy atom. The first kappa shape index (κ1) is 20.3. The molecule has 29 heavy (non-hydrogen) atoms. The molecule has 0 bridgehead atoms. The quantitative estimate of drug-likeness (QED) is 0.572. The highest BCUT2D eigenvalue weighted by molar-refractivity contribution is 6.32. The number of carbonyl (C=O) groups is 2. The van der Waals surface area contributed by atoms with Gasteiger partial charge in [-0.3, -0.25) is 9.25 Å². The van der Waals surface area contributed by atoms with Crippen LogP contribution in [0.4, 0.5) is 10.6 Å². The number of fused-ring (bicyclic) bond motifs is 1. The number of rotatable bonds is 5. The van der Waals surface area contributed by atoms with Gasteiger partial charge in [0.05, 0.1) is 18.4 Å². The average Bonchev–Trinajstić information content (AvgIpc) is 3.34. The van der Waals surface area contributed by atoms with Crippen LogP contribution in [-0.2, 0) is 18.4 Å². The summed E-state index contributed by atoms with van der Waals surface area (Å²) in [6.45, 7) is 6.88. The van der Waals surface area contributed by atoms with Gasteiger partial charge in [-0.15, -0.1) is 0 Å². The Balaban J connectivity index is 1.88. The predicted octanol–water partition coefficient (Wildman–Crippen LogP) is 2.38. The molecule has 1 aliphatic heterocycles. The van der Waals surface area contributed by atoms with E-state index in [0.717, 1.165) is 0 Å². The molecule has 152 valence electrons. The molecule has 2 aromatic heterocycles. The van der Waals surface area contributed by atoms with Gasteiger partial charge >= 0.3 is 12.0 Å². The molecule has 0 saturated heterocycles. The lowest BCUT2D eigenvalue weighted by Crippen LogP contribution is -2.39. The van der Waals surface area contributed by atoms with Gasteiger partial charge in [0, 0.05) is 35.6 Å². The van der Waals surface area contributed by atoms with Crippen molar-refractivity contribution in [2.75, 3.05) is 0 Å². The Labute approximate surface area is 171 Å². The molecule has 0 aliphatic carbocycles. The lowest BCUT2D eigenvalue weighted by atomic mass is 10.2. The summed E-state index contributed by atoms with van der Waals surface area (Å²) < 4.78 is 2.99. The first-order valence-electron chi connectivity index (χ1n) is 8.65. The number of carboxylic acids is 1. The van der Waals surface area contributed by atoms with Crippen molar-refractivity contribution in [3.05, 3.63) is 40.8 Å². The second-order valence-electron chi connectivity index (χ2n) is 6.45. The predicted molar refractivity (Wildman–Crippen MR) is 109 cm³/mol. The lowest BCUT2D eigenvalue weighted by Gasteiger charge is -2.19. The van der Waals surface area contributed by atoms with Crippen LogP contribution in [-0.4, -0.2) is 55.1 Å². The summed E-state index contributed by atoms with van der Waals surface area (Å²) in [7, 11) is 1.75. The molecule has 3 rings (SSSR count). The van der Waals surface area contributed by atoms with Gasteiger partial charge in [0.2, 0.25) is 5.96 Å². The van der Waals surface area contributed by atoms with Crippen molar-refractivity contribution in [1.29, 1.82) is 0 Å². The molecule has 0 aromatic carbocycles. The monoisotopic (exact) mass is 417 g/mol. The second kappa shape index (κ2) is 7.92. The first-order valence-corrected chi connectivity index (χ1v) is 9.03. The summed E-state index contributed by atoms with van der Waals surface area (Å²) in [4.78, 5) is 33.3. The van der Waals surface area contributed by atoms with Crippen LogP contribution < -0.4 is 5.32 Å². The van der Waals surface area contributed by atoms with Crippen molar-refractivity contribution in [3.8, 4) is 0 Å². The van der Waals surface area contributed by atoms with Gasteiger partial charge in [-0.2, -0.15) is 10.1 Å². The van der Waals surface area contributed by atoms with Gasteiger partial charge in [-0.25, -0.2) is 14.6 Å². The maximum atomic E-state index is 12.6. The van der Waals surface area contributed by atoms with Crippen LogP contribution in [0, 0.1) is 0 Å². The summed E-state index contributed by atoms with van der Waals surface area (Å²) in [5, 5.41) is 16.7. The number of amides is 1. The summed E-state index contributed by atoms with van der Waals surface area (Å²) >= 11 is 6.27. The molecule has 1 aliphatic rings. The number of aromatic nitrogens is 3. The highest BCUT2D eigenvalue weighted by atomic mass is 35.5. The Kier molecular flexibility index (Phi) is 5.55. The van der Waals surface area contributed by atoms with E-state index < -0.39 is 18.0 Å². The standard InChI is InChI=1S/C18H20ClN7O3/c1-10(19)15(23-17(20-3)22-14-5-6-21-24(14)4)12-7-13-9-25(11(2)16(27)28)18(29)26(13)8-12/h5-8,11H,3,9H2,1-2,4H3,(H,22,23)(H,27,28)/b15-10+/t11-/m1/s1. The van der Waals surface area contributed by atoms with E-state index in [1.165, 1.54) is 16.4 Å². The van der Waals surface area contributed by atoms with E-state index in [4.69, 9.17) is 16.7 Å². The van der Waals surface area contributed by atoms with E-state index in [1.807, 2.05) is 0 Å². The Morgan fingerprint density at radius 3 is 2.72 bits per heavy atom. The molecule has 2 N–H and O–H groups in total. The SMILES string of the molecule is C=NC(=Nc1ccnn1C)N/C(=C(\C)Cl)c1cc2n(c1)C(=O)N([C@H](C)C(=O)O)C2. The number of allylic oxidation sites excluding steroid dienone is 1. The maximum absolute atomic E-state index is 12.6.